The highest BCUT2D eigenvalue weighted by Gasteiger charge is 2.52. The molecule has 2 amide bonds. The molecule has 28 heavy (non-hydrogen) atoms. The number of amides is 2. The summed E-state index contributed by atoms with van der Waals surface area (Å²) >= 11 is 0. The van der Waals surface area contributed by atoms with Crippen molar-refractivity contribution in [3.63, 3.8) is 0 Å². The van der Waals surface area contributed by atoms with Crippen LogP contribution in [-0.4, -0.2) is 51.1 Å². The average molecular weight is 382 g/mol. The highest BCUT2D eigenvalue weighted by Crippen LogP contribution is 2.45. The van der Waals surface area contributed by atoms with E-state index < -0.39 is 5.41 Å². The Kier molecular flexibility index (Phi) is 4.37. The zero-order valence-electron chi connectivity index (χ0n) is 16.1. The van der Waals surface area contributed by atoms with Crippen molar-refractivity contribution in [2.45, 2.75) is 11.8 Å². The third-order valence-electron chi connectivity index (χ3n) is 5.58. The van der Waals surface area contributed by atoms with E-state index in [1.54, 1.807) is 44.4 Å². The first kappa shape index (κ1) is 18.2. The first-order valence-electron chi connectivity index (χ1n) is 9.03. The van der Waals surface area contributed by atoms with E-state index in [1.807, 2.05) is 18.2 Å². The number of anilines is 1. The summed E-state index contributed by atoms with van der Waals surface area (Å²) in [6.07, 6.45) is 0.561. The third kappa shape index (κ3) is 2.74. The lowest BCUT2D eigenvalue weighted by atomic mass is 9.81. The number of carbonyl (C=O) groups excluding carboxylic acids is 2. The number of carbonyl (C=O) groups is 2. The molecule has 2 aromatic rings. The van der Waals surface area contributed by atoms with E-state index in [1.165, 1.54) is 0 Å². The first-order valence-corrected chi connectivity index (χ1v) is 9.03. The number of rotatable bonds is 4. The molecule has 1 fully saturated rings. The Hall–Kier alpha value is -3.22. The van der Waals surface area contributed by atoms with Gasteiger partial charge in [0.25, 0.3) is 5.91 Å². The number of benzene rings is 2. The number of nitrogens with one attached hydrogen (secondary N) is 1. The Morgan fingerprint density at radius 2 is 1.68 bits per heavy atom. The van der Waals surface area contributed by atoms with Crippen molar-refractivity contribution in [1.82, 2.24) is 4.90 Å². The van der Waals surface area contributed by atoms with E-state index in [4.69, 9.17) is 14.2 Å². The van der Waals surface area contributed by atoms with E-state index in [0.29, 0.717) is 42.3 Å². The Labute approximate surface area is 163 Å². The Morgan fingerprint density at radius 1 is 1.00 bits per heavy atom. The van der Waals surface area contributed by atoms with Crippen LogP contribution >= 0.6 is 0 Å². The van der Waals surface area contributed by atoms with Gasteiger partial charge in [0.2, 0.25) is 5.91 Å². The van der Waals surface area contributed by atoms with Crippen LogP contribution in [0, 0.1) is 0 Å². The monoisotopic (exact) mass is 382 g/mol. The molecular weight excluding hydrogens is 360 g/mol. The summed E-state index contributed by atoms with van der Waals surface area (Å²) in [7, 11) is 4.68. The number of hydrogen-bond donors (Lipinski definition) is 1. The first-order chi connectivity index (χ1) is 13.5. The molecule has 2 heterocycles. The van der Waals surface area contributed by atoms with Gasteiger partial charge in [-0.05, 0) is 42.3 Å². The Morgan fingerprint density at radius 3 is 2.32 bits per heavy atom. The molecule has 2 aliphatic rings. The van der Waals surface area contributed by atoms with Crippen LogP contribution < -0.4 is 19.5 Å². The van der Waals surface area contributed by atoms with E-state index in [2.05, 4.69) is 5.32 Å². The molecule has 1 atom stereocenters. The number of ether oxygens (including phenoxy) is 3. The Bertz CT molecular complexity index is 936. The summed E-state index contributed by atoms with van der Waals surface area (Å²) in [6, 6.07) is 10.6. The third-order valence-corrected chi connectivity index (χ3v) is 5.58. The van der Waals surface area contributed by atoms with Gasteiger partial charge in [-0.15, -0.1) is 0 Å². The second-order valence-electron chi connectivity index (χ2n) is 7.03. The largest absolute Gasteiger partial charge is 0.497 e. The lowest BCUT2D eigenvalue weighted by molar-refractivity contribution is -0.120. The number of methoxy groups -OCH3 is 3. The van der Waals surface area contributed by atoms with Gasteiger partial charge in [-0.3, -0.25) is 9.59 Å². The van der Waals surface area contributed by atoms with E-state index in [0.717, 1.165) is 11.3 Å². The van der Waals surface area contributed by atoms with Gasteiger partial charge in [-0.1, -0.05) is 0 Å². The smallest absolute Gasteiger partial charge is 0.254 e. The van der Waals surface area contributed by atoms with Crippen LogP contribution in [0.4, 0.5) is 5.69 Å². The second kappa shape index (κ2) is 6.74. The van der Waals surface area contributed by atoms with Gasteiger partial charge in [-0.2, -0.15) is 0 Å². The number of fused-ring (bicyclic) bond motifs is 2. The van der Waals surface area contributed by atoms with Crippen molar-refractivity contribution in [1.29, 1.82) is 0 Å². The minimum Gasteiger partial charge on any atom is -0.497 e. The minimum absolute atomic E-state index is 0.0747. The van der Waals surface area contributed by atoms with Gasteiger partial charge in [0.15, 0.2) is 0 Å². The highest BCUT2D eigenvalue weighted by atomic mass is 16.5. The second-order valence-corrected chi connectivity index (χ2v) is 7.03. The fraction of sp³-hybridized carbons (Fsp3) is 0.333. The van der Waals surface area contributed by atoms with E-state index in [-0.39, 0.29) is 11.8 Å². The molecule has 4 rings (SSSR count). The van der Waals surface area contributed by atoms with Crippen molar-refractivity contribution >= 4 is 17.5 Å². The number of hydrogen-bond acceptors (Lipinski definition) is 5. The normalized spacial score (nSPS) is 20.1. The standard InChI is InChI=1S/C21H22N2O5/c1-26-14-4-5-18-17(11-14)21(20(25)22-18)6-7-23(12-21)19(24)13-8-15(27-2)10-16(9-13)28-3/h4-5,8-11H,6-7,12H2,1-3H3,(H,22,25)/t21-/m1/s1. The zero-order valence-corrected chi connectivity index (χ0v) is 16.1. The molecule has 146 valence electrons. The molecule has 0 saturated carbocycles. The maximum atomic E-state index is 13.1. The molecule has 2 aromatic carbocycles. The molecule has 0 unspecified atom stereocenters. The van der Waals surface area contributed by atoms with Crippen LogP contribution in [0.3, 0.4) is 0 Å². The van der Waals surface area contributed by atoms with Crippen LogP contribution in [0.15, 0.2) is 36.4 Å². The molecule has 0 aromatic heterocycles. The molecule has 0 bridgehead atoms. The van der Waals surface area contributed by atoms with Gasteiger partial charge in [0.05, 0.1) is 26.7 Å². The van der Waals surface area contributed by atoms with Crippen LogP contribution in [-0.2, 0) is 10.2 Å². The van der Waals surface area contributed by atoms with Crippen molar-refractivity contribution in [2.75, 3.05) is 39.7 Å². The van der Waals surface area contributed by atoms with Crippen LogP contribution in [0.5, 0.6) is 17.2 Å². The lowest BCUT2D eigenvalue weighted by Gasteiger charge is -2.23. The van der Waals surface area contributed by atoms with E-state index >= 15 is 0 Å². The van der Waals surface area contributed by atoms with Gasteiger partial charge >= 0.3 is 0 Å². The summed E-state index contributed by atoms with van der Waals surface area (Å²) < 4.78 is 15.9. The average Bonchev–Trinajstić information content (AvgIpc) is 3.29. The van der Waals surface area contributed by atoms with E-state index in [9.17, 15) is 9.59 Å². The zero-order chi connectivity index (χ0) is 19.9. The van der Waals surface area contributed by atoms with Gasteiger partial charge < -0.3 is 24.4 Å². The summed E-state index contributed by atoms with van der Waals surface area (Å²) in [5.74, 6) is 1.56. The molecule has 2 aliphatic heterocycles. The molecule has 7 nitrogen and oxygen atoms in total. The van der Waals surface area contributed by atoms with Crippen LogP contribution in [0.1, 0.15) is 22.3 Å². The number of likely N-dealkylation sites (tertiary alicyclic amines) is 1. The summed E-state index contributed by atoms with van der Waals surface area (Å²) in [6.45, 7) is 0.805. The molecular formula is C21H22N2O5. The topological polar surface area (TPSA) is 77.1 Å². The lowest BCUT2D eigenvalue weighted by Crippen LogP contribution is -2.39. The minimum atomic E-state index is -0.748. The van der Waals surface area contributed by atoms with Crippen molar-refractivity contribution in [2.24, 2.45) is 0 Å². The maximum absolute atomic E-state index is 13.1. The van der Waals surface area contributed by atoms with Crippen molar-refractivity contribution < 1.29 is 23.8 Å². The summed E-state index contributed by atoms with van der Waals surface area (Å²) in [5.41, 5.74) is 1.39. The fourth-order valence-corrected chi connectivity index (χ4v) is 4.02. The highest BCUT2D eigenvalue weighted by molar-refractivity contribution is 6.07. The van der Waals surface area contributed by atoms with Gasteiger partial charge in [0, 0.05) is 30.4 Å². The fourth-order valence-electron chi connectivity index (χ4n) is 4.02. The quantitative estimate of drug-likeness (QED) is 0.879. The molecule has 1 N–H and O–H groups in total. The molecule has 1 saturated heterocycles. The number of nitrogens with zero attached hydrogens (tertiary/aromatic N) is 1. The van der Waals surface area contributed by atoms with Crippen molar-refractivity contribution in [3.8, 4) is 17.2 Å². The predicted molar refractivity (Wildman–Crippen MR) is 103 cm³/mol. The summed E-state index contributed by atoms with van der Waals surface area (Å²) in [5, 5.41) is 2.94. The maximum Gasteiger partial charge on any atom is 0.254 e. The van der Waals surface area contributed by atoms with Crippen molar-refractivity contribution in [3.05, 3.63) is 47.5 Å². The Balaban J connectivity index is 1.65. The molecule has 1 spiro atoms. The SMILES string of the molecule is COc1cc(OC)cc(C(=O)N2CC[C@]3(C2)C(=O)Nc2ccc(OC)cc23)c1. The van der Waals surface area contributed by atoms with Gasteiger partial charge in [0.1, 0.15) is 17.2 Å². The van der Waals surface area contributed by atoms with Gasteiger partial charge in [-0.25, -0.2) is 0 Å². The summed E-state index contributed by atoms with van der Waals surface area (Å²) in [4.78, 5) is 27.7. The van der Waals surface area contributed by atoms with Crippen LogP contribution in [0.2, 0.25) is 0 Å². The predicted octanol–water partition coefficient (Wildman–Crippen LogP) is 2.45. The molecule has 0 radical (unpaired) electrons. The molecule has 0 aliphatic carbocycles. The van der Waals surface area contributed by atoms with Crippen LogP contribution in [0.25, 0.3) is 0 Å². The molecule has 7 heteroatoms.